The van der Waals surface area contributed by atoms with Crippen LogP contribution in [0.3, 0.4) is 0 Å². The van der Waals surface area contributed by atoms with Crippen molar-refractivity contribution in [3.8, 4) is 0 Å². The molecule has 0 saturated heterocycles. The van der Waals surface area contributed by atoms with Crippen LogP contribution in [0.2, 0.25) is 0 Å². The maximum absolute atomic E-state index is 10.4. The summed E-state index contributed by atoms with van der Waals surface area (Å²) in [4.78, 5) is 0. The quantitative estimate of drug-likeness (QED) is 0.473. The molecule has 0 fully saturated rings. The Hall–Kier alpha value is 0.0400. The van der Waals surface area contributed by atoms with Gasteiger partial charge in [-0.25, -0.2) is 0 Å². The van der Waals surface area contributed by atoms with Crippen LogP contribution in [0.15, 0.2) is 0 Å². The second-order valence-corrected chi connectivity index (χ2v) is 0.677. The van der Waals surface area contributed by atoms with Gasteiger partial charge in [-0.1, -0.05) is 0 Å². The zero-order valence-electron chi connectivity index (χ0n) is 2.42. The molecule has 0 aliphatic carbocycles. The molecule has 0 aromatic rings. The molecule has 0 rings (SSSR count). The minimum atomic E-state index is -4.69. The van der Waals surface area contributed by atoms with E-state index in [1.165, 1.54) is 0 Å². The van der Waals surface area contributed by atoms with E-state index in [-0.39, 0.29) is 0 Å². The van der Waals surface area contributed by atoms with Crippen LogP contribution >= 0.6 is 11.9 Å². The molecule has 0 aromatic carbocycles. The molecule has 0 spiro atoms. The molecule has 38 valence electrons. The summed E-state index contributed by atoms with van der Waals surface area (Å²) in [6, 6.07) is 0. The van der Waals surface area contributed by atoms with E-state index in [1.807, 2.05) is 0 Å². The van der Waals surface area contributed by atoms with Gasteiger partial charge in [0.2, 0.25) is 0 Å². The van der Waals surface area contributed by atoms with Crippen LogP contribution in [0.1, 0.15) is 0 Å². The summed E-state index contributed by atoms with van der Waals surface area (Å²) >= 11 is 3.85. The molecular formula is CClF3O. The summed E-state index contributed by atoms with van der Waals surface area (Å²) < 4.78 is 33.7. The van der Waals surface area contributed by atoms with Crippen molar-refractivity contribution >= 4 is 11.9 Å². The van der Waals surface area contributed by atoms with E-state index >= 15 is 0 Å². The van der Waals surface area contributed by atoms with Crippen LogP contribution in [0.5, 0.6) is 0 Å². The highest BCUT2D eigenvalue weighted by atomic mass is 35.5. The van der Waals surface area contributed by atoms with Crippen molar-refractivity contribution in [2.24, 2.45) is 0 Å². The average Bonchev–Trinajstić information content (AvgIpc) is 1.35. The fraction of sp³-hybridized carbons (Fsp3) is 1.00. The van der Waals surface area contributed by atoms with Gasteiger partial charge < -0.3 is 0 Å². The zero-order valence-corrected chi connectivity index (χ0v) is 3.18. The highest BCUT2D eigenvalue weighted by molar-refractivity contribution is 6.07. The van der Waals surface area contributed by atoms with E-state index in [0.29, 0.717) is 0 Å². The van der Waals surface area contributed by atoms with E-state index < -0.39 is 6.36 Å². The number of halogens is 4. The summed E-state index contributed by atoms with van der Waals surface area (Å²) in [7, 11) is 0. The maximum atomic E-state index is 10.4. The lowest BCUT2D eigenvalue weighted by atomic mass is 11.4. The first kappa shape index (κ1) is 6.04. The van der Waals surface area contributed by atoms with Crippen molar-refractivity contribution < 1.29 is 17.5 Å². The smallest absolute Gasteiger partial charge is 0.179 e. The molecule has 6 heavy (non-hydrogen) atoms. The van der Waals surface area contributed by atoms with Crippen molar-refractivity contribution in [1.82, 2.24) is 0 Å². The first-order valence-corrected chi connectivity index (χ1v) is 1.23. The fourth-order valence-electron chi connectivity index (χ4n) is 0. The SMILES string of the molecule is FC(F)(F)OCl. The molecule has 0 amide bonds. The fourth-order valence-corrected chi connectivity index (χ4v) is 0. The van der Waals surface area contributed by atoms with Gasteiger partial charge in [-0.3, -0.25) is 0 Å². The number of hydrogen-bond acceptors (Lipinski definition) is 1. The number of rotatable bonds is 0. The molecule has 0 saturated carbocycles. The standard InChI is InChI=1S/CClF3O/c2-6-1(3,4)5. The van der Waals surface area contributed by atoms with E-state index in [0.717, 1.165) is 0 Å². The summed E-state index contributed by atoms with van der Waals surface area (Å²) in [5, 5.41) is 0. The minimum absolute atomic E-state index is 2.41. The Labute approximate surface area is 36.8 Å². The van der Waals surface area contributed by atoms with E-state index in [9.17, 15) is 13.2 Å². The molecule has 5 heteroatoms. The van der Waals surface area contributed by atoms with Gasteiger partial charge in [-0.15, -0.1) is 13.2 Å². The molecule has 0 atom stereocenters. The third-order valence-corrected chi connectivity index (χ3v) is 0.262. The highest BCUT2D eigenvalue weighted by Gasteiger charge is 2.28. The molecule has 0 aromatic heterocycles. The Morgan fingerprint density at radius 1 is 1.33 bits per heavy atom. The highest BCUT2D eigenvalue weighted by Crippen LogP contribution is 2.16. The van der Waals surface area contributed by atoms with E-state index in [1.54, 1.807) is 0 Å². The maximum Gasteiger partial charge on any atom is 0.538 e. The number of alkyl halides is 3. The summed E-state index contributed by atoms with van der Waals surface area (Å²) in [6.45, 7) is 0. The van der Waals surface area contributed by atoms with Gasteiger partial charge in [-0.2, -0.15) is 4.29 Å². The Bertz CT molecular complexity index is 40.5. The third-order valence-electron chi connectivity index (χ3n) is 0.0875. The van der Waals surface area contributed by atoms with Crippen LogP contribution in [-0.4, -0.2) is 6.36 Å². The van der Waals surface area contributed by atoms with Gasteiger partial charge in [-0.05, 0) is 0 Å². The third kappa shape index (κ3) is 4.04. The van der Waals surface area contributed by atoms with Gasteiger partial charge in [0.15, 0.2) is 0 Å². The van der Waals surface area contributed by atoms with Crippen molar-refractivity contribution in [2.75, 3.05) is 0 Å². The average molecular weight is 120 g/mol. The molecule has 0 aliphatic heterocycles. The lowest BCUT2D eigenvalue weighted by Crippen LogP contribution is -2.04. The van der Waals surface area contributed by atoms with Gasteiger partial charge in [0.1, 0.15) is 0 Å². The molecule has 0 N–H and O–H groups in total. The second-order valence-electron chi connectivity index (χ2n) is 0.523. The predicted molar refractivity (Wildman–Crippen MR) is 13.0 cm³/mol. The van der Waals surface area contributed by atoms with Crippen LogP contribution in [-0.2, 0) is 4.29 Å². The lowest BCUT2D eigenvalue weighted by molar-refractivity contribution is -0.273. The van der Waals surface area contributed by atoms with Crippen molar-refractivity contribution in [3.05, 3.63) is 0 Å². The van der Waals surface area contributed by atoms with E-state index in [2.05, 4.69) is 16.2 Å². The first-order chi connectivity index (χ1) is 2.56. The zero-order chi connectivity index (χ0) is 5.21. The van der Waals surface area contributed by atoms with E-state index in [4.69, 9.17) is 0 Å². The summed E-state index contributed by atoms with van der Waals surface area (Å²) in [5.41, 5.74) is 0. The number of hydrogen-bond donors (Lipinski definition) is 0. The van der Waals surface area contributed by atoms with Crippen LogP contribution in [0.4, 0.5) is 13.2 Å². The van der Waals surface area contributed by atoms with Gasteiger partial charge in [0.05, 0.1) is 11.9 Å². The summed E-state index contributed by atoms with van der Waals surface area (Å²) in [6.07, 6.45) is -4.69. The van der Waals surface area contributed by atoms with Crippen LogP contribution in [0, 0.1) is 0 Å². The molecule has 0 radical (unpaired) electrons. The first-order valence-electron chi connectivity index (χ1n) is 0.925. The Morgan fingerprint density at radius 2 is 1.50 bits per heavy atom. The Balaban J connectivity index is 3.17. The van der Waals surface area contributed by atoms with Crippen molar-refractivity contribution in [1.29, 1.82) is 0 Å². The van der Waals surface area contributed by atoms with Gasteiger partial charge in [0, 0.05) is 0 Å². The van der Waals surface area contributed by atoms with Gasteiger partial charge in [0.25, 0.3) is 0 Å². The topological polar surface area (TPSA) is 9.23 Å². The molecule has 0 bridgehead atoms. The molecule has 0 unspecified atom stereocenters. The normalized spacial score (nSPS) is 12.0. The van der Waals surface area contributed by atoms with Crippen molar-refractivity contribution in [2.45, 2.75) is 6.36 Å². The molecule has 0 heterocycles. The lowest BCUT2D eigenvalue weighted by Gasteiger charge is -1.93. The Morgan fingerprint density at radius 3 is 1.50 bits per heavy atom. The molecule has 1 nitrogen and oxygen atoms in total. The summed E-state index contributed by atoms with van der Waals surface area (Å²) in [5.74, 6) is 0. The van der Waals surface area contributed by atoms with Crippen LogP contribution in [0.25, 0.3) is 0 Å². The van der Waals surface area contributed by atoms with Crippen molar-refractivity contribution in [3.63, 3.8) is 0 Å². The molecule has 0 aliphatic rings. The second kappa shape index (κ2) is 1.66. The minimum Gasteiger partial charge on any atom is -0.179 e. The Kier molecular flexibility index (Phi) is 1.67. The monoisotopic (exact) mass is 120 g/mol. The predicted octanol–water partition coefficient (Wildman–Crippen LogP) is 1.68. The van der Waals surface area contributed by atoms with Crippen LogP contribution < -0.4 is 0 Å². The van der Waals surface area contributed by atoms with Gasteiger partial charge >= 0.3 is 6.36 Å². The largest absolute Gasteiger partial charge is 0.538 e. The molecular weight excluding hydrogens is 120 g/mol.